The molecule has 0 aliphatic rings. The van der Waals surface area contributed by atoms with Crippen molar-refractivity contribution in [3.05, 3.63) is 69.3 Å². The normalized spacial score (nSPS) is 11.7. The maximum Gasteiger partial charge on any atom is 0.308 e. The first-order chi connectivity index (χ1) is 14.1. The first-order valence-corrected chi connectivity index (χ1v) is 9.61. The van der Waals surface area contributed by atoms with E-state index in [9.17, 15) is 19.7 Å². The van der Waals surface area contributed by atoms with Crippen molar-refractivity contribution in [3.63, 3.8) is 0 Å². The maximum absolute atomic E-state index is 12.9. The monoisotopic (exact) mass is 413 g/mol. The van der Waals surface area contributed by atoms with Crippen LogP contribution in [0.2, 0.25) is 0 Å². The van der Waals surface area contributed by atoms with Crippen molar-refractivity contribution in [2.45, 2.75) is 39.3 Å². The maximum atomic E-state index is 12.9. The molecule has 0 saturated heterocycles. The molecule has 2 aromatic carbocycles. The quantitative estimate of drug-likeness (QED) is 0.401. The van der Waals surface area contributed by atoms with Gasteiger partial charge in [0.15, 0.2) is 0 Å². The average molecular weight is 413 g/mol. The largest absolute Gasteiger partial charge is 0.463 e. The Hall–Kier alpha value is -3.42. The Morgan fingerprint density at radius 3 is 2.30 bits per heavy atom. The molecule has 0 heterocycles. The van der Waals surface area contributed by atoms with Gasteiger partial charge in [-0.2, -0.15) is 0 Å². The summed E-state index contributed by atoms with van der Waals surface area (Å²) in [4.78, 5) is 37.6. The van der Waals surface area contributed by atoms with Crippen LogP contribution >= 0.6 is 0 Å². The number of aryl methyl sites for hydroxylation is 1. The van der Waals surface area contributed by atoms with E-state index in [0.717, 1.165) is 11.1 Å². The summed E-state index contributed by atoms with van der Waals surface area (Å²) in [6.45, 7) is 5.45. The number of carbonyl (C=O) groups is 2. The topological polar surface area (TPSA) is 102 Å². The van der Waals surface area contributed by atoms with E-state index in [1.165, 1.54) is 18.2 Å². The summed E-state index contributed by atoms with van der Waals surface area (Å²) >= 11 is 0. The summed E-state index contributed by atoms with van der Waals surface area (Å²) in [5.74, 6) is -0.948. The molecule has 0 radical (unpaired) electrons. The van der Waals surface area contributed by atoms with Crippen LogP contribution in [0.1, 0.15) is 47.8 Å². The molecular formula is C22H27N3O5. The van der Waals surface area contributed by atoms with E-state index in [1.807, 2.05) is 31.2 Å². The molecule has 0 aliphatic carbocycles. The third-order valence-corrected chi connectivity index (χ3v) is 4.44. The van der Waals surface area contributed by atoms with Crippen LogP contribution in [0.4, 0.5) is 11.4 Å². The molecule has 0 fully saturated rings. The molecule has 1 N–H and O–H groups in total. The first kappa shape index (κ1) is 22.9. The lowest BCUT2D eigenvalue weighted by Crippen LogP contribution is -2.31. The molecule has 1 unspecified atom stereocenters. The lowest BCUT2D eigenvalue weighted by atomic mass is 10.0. The fourth-order valence-corrected chi connectivity index (χ4v) is 2.96. The fourth-order valence-electron chi connectivity index (χ4n) is 2.96. The van der Waals surface area contributed by atoms with Crippen LogP contribution < -0.4 is 10.2 Å². The summed E-state index contributed by atoms with van der Waals surface area (Å²) in [6.07, 6.45) is -0.321. The Morgan fingerprint density at radius 1 is 1.13 bits per heavy atom. The number of hydrogen-bond donors (Lipinski definition) is 1. The summed E-state index contributed by atoms with van der Waals surface area (Å²) in [5, 5.41) is 14.2. The molecule has 0 saturated carbocycles. The van der Waals surface area contributed by atoms with Crippen LogP contribution in [0.25, 0.3) is 0 Å². The van der Waals surface area contributed by atoms with Gasteiger partial charge < -0.3 is 15.0 Å². The van der Waals surface area contributed by atoms with E-state index in [1.54, 1.807) is 32.8 Å². The van der Waals surface area contributed by atoms with Gasteiger partial charge in [0.25, 0.3) is 11.6 Å². The van der Waals surface area contributed by atoms with E-state index >= 15 is 0 Å². The first-order valence-electron chi connectivity index (χ1n) is 9.61. The molecule has 1 atom stereocenters. The number of ether oxygens (including phenoxy) is 1. The third kappa shape index (κ3) is 6.04. The number of hydrogen-bond acceptors (Lipinski definition) is 6. The number of benzene rings is 2. The van der Waals surface area contributed by atoms with Gasteiger partial charge in [0.1, 0.15) is 5.69 Å². The van der Waals surface area contributed by atoms with Crippen LogP contribution in [0.15, 0.2) is 42.5 Å². The Morgan fingerprint density at radius 2 is 1.77 bits per heavy atom. The van der Waals surface area contributed by atoms with Gasteiger partial charge in [-0.25, -0.2) is 0 Å². The molecule has 8 nitrogen and oxygen atoms in total. The van der Waals surface area contributed by atoms with Crippen molar-refractivity contribution in [1.82, 2.24) is 5.32 Å². The Labute approximate surface area is 176 Å². The van der Waals surface area contributed by atoms with Crippen LogP contribution in [0.3, 0.4) is 0 Å². The number of nitro groups is 1. The molecule has 0 aromatic heterocycles. The molecular weight excluding hydrogens is 386 g/mol. The molecule has 1 amide bonds. The SMILES string of the molecule is Cc1ccc(C(CC(=O)OC(C)C)NC(=O)c2ccc(N(C)C)c([N+](=O)[O-])c2)cc1. The minimum Gasteiger partial charge on any atom is -0.463 e. The summed E-state index contributed by atoms with van der Waals surface area (Å²) in [7, 11) is 3.38. The van der Waals surface area contributed by atoms with Crippen molar-refractivity contribution in [1.29, 1.82) is 0 Å². The van der Waals surface area contributed by atoms with Gasteiger partial charge in [-0.15, -0.1) is 0 Å². The zero-order chi connectivity index (χ0) is 22.4. The molecule has 30 heavy (non-hydrogen) atoms. The number of anilines is 1. The van der Waals surface area contributed by atoms with E-state index < -0.39 is 22.8 Å². The number of nitro benzene ring substituents is 1. The van der Waals surface area contributed by atoms with Crippen molar-refractivity contribution < 1.29 is 19.2 Å². The highest BCUT2D eigenvalue weighted by Gasteiger charge is 2.23. The number of nitrogens with one attached hydrogen (secondary N) is 1. The van der Waals surface area contributed by atoms with Crippen LogP contribution in [0.5, 0.6) is 0 Å². The molecule has 0 spiro atoms. The third-order valence-electron chi connectivity index (χ3n) is 4.44. The standard InChI is InChI=1S/C22H27N3O5/c1-14(2)30-21(26)13-18(16-8-6-15(3)7-9-16)23-22(27)17-10-11-19(24(4)5)20(12-17)25(28)29/h6-12,14,18H,13H2,1-5H3,(H,23,27). The van der Waals surface area contributed by atoms with Crippen molar-refractivity contribution >= 4 is 23.3 Å². The Balaban J connectivity index is 2.31. The predicted molar refractivity (Wildman–Crippen MR) is 115 cm³/mol. The smallest absolute Gasteiger partial charge is 0.308 e. The predicted octanol–water partition coefficient (Wildman–Crippen LogP) is 3.78. The van der Waals surface area contributed by atoms with E-state index in [4.69, 9.17) is 4.74 Å². The van der Waals surface area contributed by atoms with Crippen molar-refractivity contribution in [2.75, 3.05) is 19.0 Å². The van der Waals surface area contributed by atoms with Crippen LogP contribution in [-0.4, -0.2) is 37.0 Å². The molecule has 8 heteroatoms. The number of esters is 1. The summed E-state index contributed by atoms with van der Waals surface area (Å²) < 4.78 is 5.22. The van der Waals surface area contributed by atoms with Crippen LogP contribution in [-0.2, 0) is 9.53 Å². The zero-order valence-corrected chi connectivity index (χ0v) is 17.8. The minimum atomic E-state index is -0.628. The number of nitrogens with zero attached hydrogens (tertiary/aromatic N) is 2. The molecule has 0 aliphatic heterocycles. The van der Waals surface area contributed by atoms with Crippen molar-refractivity contribution in [2.24, 2.45) is 0 Å². The number of carbonyl (C=O) groups excluding carboxylic acids is 2. The highest BCUT2D eigenvalue weighted by atomic mass is 16.6. The Bertz CT molecular complexity index is 923. The van der Waals surface area contributed by atoms with Crippen molar-refractivity contribution in [3.8, 4) is 0 Å². The highest BCUT2D eigenvalue weighted by Crippen LogP contribution is 2.28. The number of rotatable bonds is 8. The molecule has 2 aromatic rings. The molecule has 160 valence electrons. The van der Waals surface area contributed by atoms with E-state index in [0.29, 0.717) is 5.69 Å². The second kappa shape index (κ2) is 9.87. The van der Waals surface area contributed by atoms with Gasteiger partial charge in [-0.05, 0) is 38.5 Å². The molecule has 0 bridgehead atoms. The van der Waals surface area contributed by atoms with E-state index in [-0.39, 0.29) is 23.8 Å². The van der Waals surface area contributed by atoms with Gasteiger partial charge in [0.05, 0.1) is 23.5 Å². The second-order valence-electron chi connectivity index (χ2n) is 7.53. The number of amides is 1. The molecule has 2 rings (SSSR count). The van der Waals surface area contributed by atoms with Gasteiger partial charge in [-0.1, -0.05) is 29.8 Å². The lowest BCUT2D eigenvalue weighted by Gasteiger charge is -2.20. The second-order valence-corrected chi connectivity index (χ2v) is 7.53. The van der Waals surface area contributed by atoms with Crippen LogP contribution in [0, 0.1) is 17.0 Å². The average Bonchev–Trinajstić information content (AvgIpc) is 2.66. The van der Waals surface area contributed by atoms with Gasteiger partial charge in [0.2, 0.25) is 0 Å². The fraction of sp³-hybridized carbons (Fsp3) is 0.364. The summed E-state index contributed by atoms with van der Waals surface area (Å²) in [6, 6.07) is 11.1. The minimum absolute atomic E-state index is 0.0507. The lowest BCUT2D eigenvalue weighted by molar-refractivity contribution is -0.384. The van der Waals surface area contributed by atoms with Gasteiger partial charge >= 0.3 is 5.97 Å². The van der Waals surface area contributed by atoms with E-state index in [2.05, 4.69) is 5.32 Å². The highest BCUT2D eigenvalue weighted by molar-refractivity contribution is 5.96. The zero-order valence-electron chi connectivity index (χ0n) is 17.8. The summed E-state index contributed by atoms with van der Waals surface area (Å²) in [5.41, 5.74) is 2.16. The van der Waals surface area contributed by atoms with Gasteiger partial charge in [-0.3, -0.25) is 19.7 Å². The Kier molecular flexibility index (Phi) is 7.52. The van der Waals surface area contributed by atoms with Gasteiger partial charge in [0, 0.05) is 25.7 Å².